The van der Waals surface area contributed by atoms with Crippen LogP contribution in [-0.2, 0) is 29.0 Å². The minimum Gasteiger partial charge on any atom is -0.337 e. The van der Waals surface area contributed by atoms with Gasteiger partial charge in [0.1, 0.15) is 6.04 Å². The third-order valence-electron chi connectivity index (χ3n) is 5.51. The van der Waals surface area contributed by atoms with E-state index in [1.54, 1.807) is 18.5 Å². The van der Waals surface area contributed by atoms with Crippen LogP contribution in [0.5, 0.6) is 0 Å². The number of piperidine rings is 1. The van der Waals surface area contributed by atoms with Gasteiger partial charge in [0.2, 0.25) is 11.8 Å². The average Bonchev–Trinajstić information content (AvgIpc) is 3.28. The number of hydrogen-bond donors (Lipinski definition) is 2. The van der Waals surface area contributed by atoms with Gasteiger partial charge in [0.25, 0.3) is 11.8 Å². The van der Waals surface area contributed by atoms with Crippen molar-refractivity contribution in [1.82, 2.24) is 19.8 Å². The summed E-state index contributed by atoms with van der Waals surface area (Å²) in [6.45, 7) is 1.42. The highest BCUT2D eigenvalue weighted by Crippen LogP contribution is 2.30. The number of benzene rings is 1. The van der Waals surface area contributed by atoms with Crippen molar-refractivity contribution >= 4 is 23.6 Å². The number of imidazole rings is 1. The van der Waals surface area contributed by atoms with E-state index < -0.39 is 23.8 Å². The van der Waals surface area contributed by atoms with Crippen molar-refractivity contribution in [2.75, 3.05) is 6.54 Å². The molecular formula is C21H23N5O4. The van der Waals surface area contributed by atoms with E-state index >= 15 is 0 Å². The SMILES string of the molecule is NCCCn1cnc(CCc2cccc3c2C(=O)N(C2CCC(=O)NC2=O)C3=O)c1. The van der Waals surface area contributed by atoms with Crippen LogP contribution in [0.3, 0.4) is 0 Å². The van der Waals surface area contributed by atoms with Crippen molar-refractivity contribution in [2.45, 2.75) is 44.7 Å². The molecule has 2 aromatic rings. The fraction of sp³-hybridized carbons (Fsp3) is 0.381. The minimum atomic E-state index is -0.957. The highest BCUT2D eigenvalue weighted by Gasteiger charge is 2.45. The van der Waals surface area contributed by atoms with Crippen molar-refractivity contribution in [3.05, 3.63) is 53.1 Å². The molecule has 1 aromatic heterocycles. The summed E-state index contributed by atoms with van der Waals surface area (Å²) in [5.41, 5.74) is 7.82. The van der Waals surface area contributed by atoms with Crippen LogP contribution in [0.25, 0.3) is 0 Å². The van der Waals surface area contributed by atoms with Gasteiger partial charge in [-0.1, -0.05) is 12.1 Å². The van der Waals surface area contributed by atoms with E-state index in [4.69, 9.17) is 5.73 Å². The number of nitrogens with zero attached hydrogens (tertiary/aromatic N) is 3. The normalized spacial score (nSPS) is 18.7. The number of carbonyl (C=O) groups excluding carboxylic acids is 4. The molecule has 4 rings (SSSR count). The predicted octanol–water partition coefficient (Wildman–Crippen LogP) is 0.418. The van der Waals surface area contributed by atoms with E-state index in [0.717, 1.165) is 29.1 Å². The van der Waals surface area contributed by atoms with Crippen LogP contribution in [0.2, 0.25) is 0 Å². The first-order valence-corrected chi connectivity index (χ1v) is 10.0. The topological polar surface area (TPSA) is 127 Å². The van der Waals surface area contributed by atoms with E-state index in [1.807, 2.05) is 16.8 Å². The van der Waals surface area contributed by atoms with Gasteiger partial charge < -0.3 is 10.3 Å². The van der Waals surface area contributed by atoms with Gasteiger partial charge >= 0.3 is 0 Å². The summed E-state index contributed by atoms with van der Waals surface area (Å²) >= 11 is 0. The molecule has 0 radical (unpaired) electrons. The van der Waals surface area contributed by atoms with Crippen molar-refractivity contribution in [3.8, 4) is 0 Å². The summed E-state index contributed by atoms with van der Waals surface area (Å²) in [4.78, 5) is 55.0. The second kappa shape index (κ2) is 8.19. The van der Waals surface area contributed by atoms with Crippen LogP contribution in [0.15, 0.2) is 30.7 Å². The lowest BCUT2D eigenvalue weighted by atomic mass is 9.98. The molecule has 0 saturated carbocycles. The maximum atomic E-state index is 13.1. The smallest absolute Gasteiger partial charge is 0.262 e. The third-order valence-corrected chi connectivity index (χ3v) is 5.51. The molecule has 2 aliphatic rings. The molecule has 156 valence electrons. The van der Waals surface area contributed by atoms with E-state index in [9.17, 15) is 19.2 Å². The van der Waals surface area contributed by atoms with Crippen molar-refractivity contribution < 1.29 is 19.2 Å². The number of nitrogens with one attached hydrogen (secondary N) is 1. The van der Waals surface area contributed by atoms with E-state index in [1.165, 1.54) is 0 Å². The molecule has 4 amide bonds. The maximum absolute atomic E-state index is 13.1. The summed E-state index contributed by atoms with van der Waals surface area (Å²) in [5, 5.41) is 2.21. The molecule has 9 heteroatoms. The molecule has 1 atom stereocenters. The van der Waals surface area contributed by atoms with Gasteiger partial charge in [-0.3, -0.25) is 29.4 Å². The molecule has 0 aliphatic carbocycles. The molecule has 0 spiro atoms. The lowest BCUT2D eigenvalue weighted by Gasteiger charge is -2.27. The molecule has 3 heterocycles. The Hall–Kier alpha value is -3.33. The standard InChI is InChI=1S/C21H23N5O4/c22-9-2-10-25-11-14(23-12-25)6-5-13-3-1-4-15-18(13)21(30)26(20(15)29)16-7-8-17(27)24-19(16)28/h1,3-4,11-12,16H,2,5-10,22H2,(H,24,27,28). The largest absolute Gasteiger partial charge is 0.337 e. The highest BCUT2D eigenvalue weighted by molar-refractivity contribution is 6.24. The second-order valence-corrected chi connectivity index (χ2v) is 7.53. The highest BCUT2D eigenvalue weighted by atomic mass is 16.2. The molecule has 1 saturated heterocycles. The first-order chi connectivity index (χ1) is 14.5. The van der Waals surface area contributed by atoms with Crippen molar-refractivity contribution in [3.63, 3.8) is 0 Å². The second-order valence-electron chi connectivity index (χ2n) is 7.53. The summed E-state index contributed by atoms with van der Waals surface area (Å²) in [5.74, 6) is -1.96. The number of hydrogen-bond acceptors (Lipinski definition) is 6. The van der Waals surface area contributed by atoms with Gasteiger partial charge in [0.15, 0.2) is 0 Å². The van der Waals surface area contributed by atoms with Crippen LogP contribution in [0, 0.1) is 0 Å². The number of amides is 4. The Labute approximate surface area is 173 Å². The zero-order valence-electron chi connectivity index (χ0n) is 16.5. The van der Waals surface area contributed by atoms with E-state index in [2.05, 4.69) is 10.3 Å². The van der Waals surface area contributed by atoms with Crippen LogP contribution >= 0.6 is 0 Å². The fourth-order valence-electron chi connectivity index (χ4n) is 3.99. The number of fused-ring (bicyclic) bond motifs is 1. The molecule has 1 fully saturated rings. The van der Waals surface area contributed by atoms with Crippen molar-refractivity contribution in [2.24, 2.45) is 5.73 Å². The van der Waals surface area contributed by atoms with Gasteiger partial charge in [0, 0.05) is 19.2 Å². The maximum Gasteiger partial charge on any atom is 0.262 e. The van der Waals surface area contributed by atoms with Crippen molar-refractivity contribution in [1.29, 1.82) is 0 Å². The number of nitrogens with two attached hydrogens (primary N) is 1. The van der Waals surface area contributed by atoms with Crippen LogP contribution in [0.1, 0.15) is 51.2 Å². The Morgan fingerprint density at radius 3 is 2.73 bits per heavy atom. The van der Waals surface area contributed by atoms with Crippen LogP contribution < -0.4 is 11.1 Å². The van der Waals surface area contributed by atoms with Crippen LogP contribution in [-0.4, -0.2) is 50.7 Å². The Kier molecular flexibility index (Phi) is 5.45. The lowest BCUT2D eigenvalue weighted by molar-refractivity contribution is -0.136. The first kappa shape index (κ1) is 20.0. The number of aromatic nitrogens is 2. The molecule has 1 unspecified atom stereocenters. The predicted molar refractivity (Wildman–Crippen MR) is 106 cm³/mol. The third kappa shape index (κ3) is 3.63. The molecule has 9 nitrogen and oxygen atoms in total. The fourth-order valence-corrected chi connectivity index (χ4v) is 3.99. The van der Waals surface area contributed by atoms with Gasteiger partial charge in [-0.05, 0) is 43.9 Å². The Morgan fingerprint density at radius 2 is 1.97 bits per heavy atom. The Morgan fingerprint density at radius 1 is 1.13 bits per heavy atom. The molecule has 1 aromatic carbocycles. The Bertz CT molecular complexity index is 1030. The number of carbonyl (C=O) groups is 4. The van der Waals surface area contributed by atoms with Crippen LogP contribution in [0.4, 0.5) is 0 Å². The van der Waals surface area contributed by atoms with E-state index in [0.29, 0.717) is 30.5 Å². The van der Waals surface area contributed by atoms with Gasteiger partial charge in [-0.15, -0.1) is 0 Å². The summed E-state index contributed by atoms with van der Waals surface area (Å²) < 4.78 is 1.98. The van der Waals surface area contributed by atoms with Gasteiger partial charge in [-0.2, -0.15) is 0 Å². The molecular weight excluding hydrogens is 386 g/mol. The van der Waals surface area contributed by atoms with E-state index in [-0.39, 0.29) is 18.7 Å². The Balaban J connectivity index is 1.52. The first-order valence-electron chi connectivity index (χ1n) is 10.0. The number of imide groups is 2. The number of aryl methyl sites for hydroxylation is 3. The van der Waals surface area contributed by atoms with Gasteiger partial charge in [0.05, 0.1) is 23.1 Å². The average molecular weight is 409 g/mol. The zero-order valence-corrected chi connectivity index (χ0v) is 16.5. The molecule has 0 bridgehead atoms. The zero-order chi connectivity index (χ0) is 21.3. The quantitative estimate of drug-likeness (QED) is 0.638. The molecule has 2 aliphatic heterocycles. The summed E-state index contributed by atoms with van der Waals surface area (Å²) in [6.07, 6.45) is 6.00. The molecule has 3 N–H and O–H groups in total. The number of rotatable bonds is 7. The van der Waals surface area contributed by atoms with Gasteiger partial charge in [-0.25, -0.2) is 4.98 Å². The summed E-state index contributed by atoms with van der Waals surface area (Å²) in [7, 11) is 0. The lowest BCUT2D eigenvalue weighted by Crippen LogP contribution is -2.54. The molecule has 30 heavy (non-hydrogen) atoms. The monoisotopic (exact) mass is 409 g/mol. The summed E-state index contributed by atoms with van der Waals surface area (Å²) in [6, 6.07) is 4.21. The minimum absolute atomic E-state index is 0.101.